The van der Waals surface area contributed by atoms with Gasteiger partial charge in [0.15, 0.2) is 12.4 Å². The summed E-state index contributed by atoms with van der Waals surface area (Å²) in [5, 5.41) is 10.0. The number of likely N-dealkylation sites (N-methyl/N-ethyl adjacent to an activating group) is 1. The number of carboxylic acids is 1. The van der Waals surface area contributed by atoms with Gasteiger partial charge in [0.25, 0.3) is 0 Å². The van der Waals surface area contributed by atoms with E-state index in [9.17, 15) is 9.59 Å². The molecular weight excluding hydrogens is 558 g/mol. The van der Waals surface area contributed by atoms with Crippen molar-refractivity contribution < 1.29 is 19.4 Å². The summed E-state index contributed by atoms with van der Waals surface area (Å²) >= 11 is 0. The summed E-state index contributed by atoms with van der Waals surface area (Å²) in [5.74, 6) is 0.941. The average molecular weight is 602 g/mol. The van der Waals surface area contributed by atoms with Crippen molar-refractivity contribution in [1.29, 1.82) is 0 Å². The fraction of sp³-hybridized carbons (Fsp3) is 0.455. The van der Waals surface area contributed by atoms with Crippen molar-refractivity contribution >= 4 is 39.6 Å². The molecule has 1 aliphatic heterocycles. The van der Waals surface area contributed by atoms with E-state index in [0.717, 1.165) is 85.2 Å². The third-order valence-electron chi connectivity index (χ3n) is 8.19. The molecule has 1 saturated heterocycles. The number of piperazine rings is 1. The van der Waals surface area contributed by atoms with E-state index in [4.69, 9.17) is 20.6 Å². The van der Waals surface area contributed by atoms with Gasteiger partial charge in [0.2, 0.25) is 5.91 Å². The maximum absolute atomic E-state index is 13.7. The van der Waals surface area contributed by atoms with Gasteiger partial charge in [0.1, 0.15) is 17.1 Å². The zero-order valence-corrected chi connectivity index (χ0v) is 25.7. The molecule has 11 heteroatoms. The molecule has 0 radical (unpaired) electrons. The Labute approximate surface area is 258 Å². The Balaban J connectivity index is 1.38. The van der Waals surface area contributed by atoms with E-state index >= 15 is 0 Å². The SMILES string of the molecule is CCCCc1nc2c(N)nc3ccccc3c2n1CCCN(Cc1cccc(OCC(=O)O)c1)C(=O)CN1CCN(C)CC1. The molecule has 11 nitrogen and oxygen atoms in total. The first-order chi connectivity index (χ1) is 21.3. The Morgan fingerprint density at radius 2 is 1.84 bits per heavy atom. The Morgan fingerprint density at radius 3 is 2.61 bits per heavy atom. The number of amides is 1. The highest BCUT2D eigenvalue weighted by atomic mass is 16.5. The lowest BCUT2D eigenvalue weighted by atomic mass is 10.1. The average Bonchev–Trinajstić information content (AvgIpc) is 3.39. The number of benzene rings is 2. The van der Waals surface area contributed by atoms with Gasteiger partial charge < -0.3 is 29.9 Å². The van der Waals surface area contributed by atoms with Gasteiger partial charge >= 0.3 is 5.97 Å². The van der Waals surface area contributed by atoms with Crippen molar-refractivity contribution in [1.82, 2.24) is 29.2 Å². The first kappa shape index (κ1) is 31.2. The number of nitrogens with two attached hydrogens (primary N) is 1. The molecule has 234 valence electrons. The number of aliphatic carboxylic acids is 1. The number of imidazole rings is 1. The van der Waals surface area contributed by atoms with Crippen LogP contribution in [0.3, 0.4) is 0 Å². The highest BCUT2D eigenvalue weighted by Crippen LogP contribution is 2.29. The van der Waals surface area contributed by atoms with Crippen LogP contribution in [0.25, 0.3) is 21.9 Å². The molecule has 1 aliphatic rings. The van der Waals surface area contributed by atoms with Crippen LogP contribution in [0.2, 0.25) is 0 Å². The minimum atomic E-state index is -1.03. The lowest BCUT2D eigenvalue weighted by molar-refractivity contribution is -0.139. The van der Waals surface area contributed by atoms with Crippen LogP contribution in [0, 0.1) is 0 Å². The highest BCUT2D eigenvalue weighted by Gasteiger charge is 2.22. The molecule has 44 heavy (non-hydrogen) atoms. The summed E-state index contributed by atoms with van der Waals surface area (Å²) in [5.41, 5.74) is 9.86. The van der Waals surface area contributed by atoms with Crippen molar-refractivity contribution in [3.8, 4) is 5.75 Å². The lowest BCUT2D eigenvalue weighted by Crippen LogP contribution is -2.49. The van der Waals surface area contributed by atoms with Crippen LogP contribution < -0.4 is 10.5 Å². The molecule has 1 amide bonds. The maximum Gasteiger partial charge on any atom is 0.341 e. The molecule has 5 rings (SSSR count). The van der Waals surface area contributed by atoms with Crippen LogP contribution in [0.5, 0.6) is 5.75 Å². The number of carboxylic acid groups (broad SMARTS) is 1. The summed E-state index contributed by atoms with van der Waals surface area (Å²) < 4.78 is 7.67. The molecule has 3 heterocycles. The third kappa shape index (κ3) is 7.64. The van der Waals surface area contributed by atoms with Crippen molar-refractivity contribution in [2.75, 3.05) is 58.7 Å². The zero-order valence-electron chi connectivity index (χ0n) is 25.7. The summed E-state index contributed by atoms with van der Waals surface area (Å²) in [6.07, 6.45) is 3.64. The van der Waals surface area contributed by atoms with Gasteiger partial charge in [-0.05, 0) is 43.7 Å². The Hall–Kier alpha value is -4.22. The first-order valence-corrected chi connectivity index (χ1v) is 15.5. The van der Waals surface area contributed by atoms with E-state index < -0.39 is 12.6 Å². The van der Waals surface area contributed by atoms with Crippen molar-refractivity contribution in [2.24, 2.45) is 0 Å². The fourth-order valence-electron chi connectivity index (χ4n) is 5.78. The van der Waals surface area contributed by atoms with Gasteiger partial charge in [-0.3, -0.25) is 9.69 Å². The monoisotopic (exact) mass is 601 g/mol. The summed E-state index contributed by atoms with van der Waals surface area (Å²) in [6.45, 7) is 7.37. The second-order valence-electron chi connectivity index (χ2n) is 11.6. The van der Waals surface area contributed by atoms with Gasteiger partial charge in [-0.25, -0.2) is 14.8 Å². The van der Waals surface area contributed by atoms with Gasteiger partial charge in [0.05, 0.1) is 17.6 Å². The number of unbranched alkanes of at least 4 members (excludes halogenated alkanes) is 1. The number of aromatic nitrogens is 3. The quantitative estimate of drug-likeness (QED) is 0.223. The van der Waals surface area contributed by atoms with Crippen molar-refractivity contribution in [2.45, 2.75) is 45.7 Å². The van der Waals surface area contributed by atoms with Gasteiger partial charge in [-0.2, -0.15) is 0 Å². The molecule has 3 N–H and O–H groups in total. The Kier molecular flexibility index (Phi) is 10.3. The van der Waals surface area contributed by atoms with Gasteiger partial charge in [-0.1, -0.05) is 43.7 Å². The minimum absolute atomic E-state index is 0.0759. The number of nitrogen functional groups attached to an aromatic ring is 1. The van der Waals surface area contributed by atoms with Crippen molar-refractivity contribution in [3.63, 3.8) is 0 Å². The summed E-state index contributed by atoms with van der Waals surface area (Å²) in [7, 11) is 2.10. The molecule has 0 spiro atoms. The number of pyridine rings is 1. The molecule has 0 saturated carbocycles. The van der Waals surface area contributed by atoms with Crippen LogP contribution in [0.15, 0.2) is 48.5 Å². The molecule has 4 aromatic rings. The number of fused-ring (bicyclic) bond motifs is 3. The number of aryl methyl sites for hydroxylation is 2. The van der Waals surface area contributed by atoms with Crippen LogP contribution in [0.1, 0.15) is 37.6 Å². The smallest absolute Gasteiger partial charge is 0.341 e. The van der Waals surface area contributed by atoms with Gasteiger partial charge in [0, 0.05) is 57.6 Å². The largest absolute Gasteiger partial charge is 0.482 e. The predicted octanol–water partition coefficient (Wildman–Crippen LogP) is 3.64. The van der Waals surface area contributed by atoms with Crippen LogP contribution in [-0.2, 0) is 29.1 Å². The number of carbonyl (C=O) groups is 2. The van der Waals surface area contributed by atoms with Crippen LogP contribution >= 0.6 is 0 Å². The van der Waals surface area contributed by atoms with Crippen LogP contribution in [0.4, 0.5) is 5.82 Å². The van der Waals surface area contributed by atoms with E-state index in [1.165, 1.54) is 0 Å². The molecule has 2 aromatic heterocycles. The summed E-state index contributed by atoms with van der Waals surface area (Å²) in [6, 6.07) is 15.3. The maximum atomic E-state index is 13.7. The molecular formula is C33H43N7O4. The van der Waals surface area contributed by atoms with E-state index in [0.29, 0.717) is 37.7 Å². The molecule has 2 aromatic carbocycles. The summed E-state index contributed by atoms with van der Waals surface area (Å²) in [4.78, 5) is 40.7. The third-order valence-corrected chi connectivity index (χ3v) is 8.19. The van der Waals surface area contributed by atoms with E-state index in [1.807, 2.05) is 41.3 Å². The Bertz CT molecular complexity index is 1600. The lowest BCUT2D eigenvalue weighted by Gasteiger charge is -2.33. The normalized spacial score (nSPS) is 14.3. The number of rotatable bonds is 14. The van der Waals surface area contributed by atoms with E-state index in [1.54, 1.807) is 6.07 Å². The molecule has 0 aliphatic carbocycles. The second-order valence-corrected chi connectivity index (χ2v) is 11.6. The highest BCUT2D eigenvalue weighted by molar-refractivity contribution is 6.06. The molecule has 1 fully saturated rings. The Morgan fingerprint density at radius 1 is 1.05 bits per heavy atom. The number of para-hydroxylation sites is 1. The second kappa shape index (κ2) is 14.5. The van der Waals surface area contributed by atoms with E-state index in [2.05, 4.69) is 39.4 Å². The number of ether oxygens (including phenoxy) is 1. The topological polar surface area (TPSA) is 130 Å². The number of carbonyl (C=O) groups excluding carboxylic acids is 1. The fourth-order valence-corrected chi connectivity index (χ4v) is 5.78. The van der Waals surface area contributed by atoms with Crippen LogP contribution in [-0.4, -0.2) is 99.1 Å². The number of hydrogen-bond donors (Lipinski definition) is 2. The number of anilines is 1. The first-order valence-electron chi connectivity index (χ1n) is 15.5. The molecule has 0 unspecified atom stereocenters. The predicted molar refractivity (Wildman–Crippen MR) is 172 cm³/mol. The van der Waals surface area contributed by atoms with E-state index in [-0.39, 0.29) is 5.91 Å². The number of nitrogens with zero attached hydrogens (tertiary/aromatic N) is 6. The standard InChI is InChI=1S/C33H43N7O4/c1-3-4-13-28-36-31-32(26-11-5-6-12-27(26)35-33(31)34)40(28)15-8-14-39(29(41)22-38-18-16-37(2)17-19-38)21-24-9-7-10-25(20-24)44-23-30(42)43/h5-7,9-12,20H,3-4,8,13-19,21-23H2,1-2H3,(H2,34,35)(H,42,43). The molecule has 0 atom stereocenters. The minimum Gasteiger partial charge on any atom is -0.482 e. The number of hydrogen-bond acceptors (Lipinski definition) is 8. The van der Waals surface area contributed by atoms with Gasteiger partial charge in [-0.15, -0.1) is 0 Å². The molecule has 0 bridgehead atoms. The van der Waals surface area contributed by atoms with Crippen molar-refractivity contribution in [3.05, 3.63) is 59.9 Å². The zero-order chi connectivity index (χ0) is 31.1.